The van der Waals surface area contributed by atoms with Gasteiger partial charge in [-0.05, 0) is 57.7 Å². The monoisotopic (exact) mass is 330 g/mol. The third-order valence-electron chi connectivity index (χ3n) is 3.65. The van der Waals surface area contributed by atoms with Crippen LogP contribution in [0.4, 0.5) is 0 Å². The average molecular weight is 330 g/mol. The van der Waals surface area contributed by atoms with Crippen molar-refractivity contribution < 1.29 is 4.55 Å². The van der Waals surface area contributed by atoms with E-state index in [9.17, 15) is 4.55 Å². The first kappa shape index (κ1) is 18.0. The second kappa shape index (κ2) is 8.48. The highest BCUT2D eigenvalue weighted by atomic mass is 32.2. The maximum absolute atomic E-state index is 12.5. The summed E-state index contributed by atoms with van der Waals surface area (Å²) in [5, 5.41) is 0. The standard InChI is InChI=1S/C19H26N2OS/c1-19(2,3)23(22)21-18(17-13-7-8-15-20-17)14-9-12-16-10-5-4-6-11-16/h4-8,10-11,13,15,18,21H,9,12,14H2,1-3H3/t18-,23-/m0/s1. The van der Waals surface area contributed by atoms with Crippen molar-refractivity contribution in [3.8, 4) is 0 Å². The molecule has 0 saturated heterocycles. The molecule has 0 fully saturated rings. The van der Waals surface area contributed by atoms with E-state index in [1.54, 1.807) is 6.20 Å². The first-order valence-electron chi connectivity index (χ1n) is 8.10. The molecule has 1 aromatic heterocycles. The van der Waals surface area contributed by atoms with Crippen LogP contribution in [0.15, 0.2) is 54.7 Å². The summed E-state index contributed by atoms with van der Waals surface area (Å²) in [5.41, 5.74) is 2.29. The maximum Gasteiger partial charge on any atom is 0.136 e. The number of aromatic nitrogens is 1. The van der Waals surface area contributed by atoms with E-state index >= 15 is 0 Å². The average Bonchev–Trinajstić information content (AvgIpc) is 2.54. The van der Waals surface area contributed by atoms with E-state index < -0.39 is 11.4 Å². The van der Waals surface area contributed by atoms with Crippen LogP contribution in [-0.2, 0) is 17.8 Å². The van der Waals surface area contributed by atoms with E-state index in [1.807, 2.05) is 45.0 Å². The van der Waals surface area contributed by atoms with Gasteiger partial charge in [0.2, 0.25) is 0 Å². The first-order chi connectivity index (χ1) is 11.0. The van der Waals surface area contributed by atoms with Crippen LogP contribution in [-0.4, -0.2) is 14.3 Å². The van der Waals surface area contributed by atoms with Crippen LogP contribution < -0.4 is 4.72 Å². The Labute approximate surface area is 142 Å². The van der Waals surface area contributed by atoms with Gasteiger partial charge < -0.3 is 4.55 Å². The Bertz CT molecular complexity index is 569. The molecule has 2 aromatic rings. The van der Waals surface area contributed by atoms with Crippen molar-refractivity contribution in [2.45, 2.75) is 50.8 Å². The Morgan fingerprint density at radius 3 is 2.39 bits per heavy atom. The van der Waals surface area contributed by atoms with Crippen LogP contribution in [0.3, 0.4) is 0 Å². The highest BCUT2D eigenvalue weighted by Crippen LogP contribution is 2.23. The molecule has 3 nitrogen and oxygen atoms in total. The molecule has 0 saturated carbocycles. The van der Waals surface area contributed by atoms with Gasteiger partial charge in [-0.2, -0.15) is 0 Å². The Morgan fingerprint density at radius 1 is 1.09 bits per heavy atom. The molecule has 2 atom stereocenters. The van der Waals surface area contributed by atoms with Gasteiger partial charge in [0.15, 0.2) is 0 Å². The Kier molecular flexibility index (Phi) is 6.63. The van der Waals surface area contributed by atoms with Gasteiger partial charge >= 0.3 is 0 Å². The van der Waals surface area contributed by atoms with E-state index in [0.717, 1.165) is 25.0 Å². The minimum atomic E-state index is -1.11. The zero-order valence-corrected chi connectivity index (χ0v) is 15.0. The number of nitrogens with zero attached hydrogens (tertiary/aromatic N) is 1. The van der Waals surface area contributed by atoms with Gasteiger partial charge in [0, 0.05) is 17.6 Å². The number of hydrogen-bond acceptors (Lipinski definition) is 3. The third kappa shape index (κ3) is 5.98. The van der Waals surface area contributed by atoms with Crippen LogP contribution in [0, 0.1) is 0 Å². The molecule has 2 rings (SSSR count). The molecule has 23 heavy (non-hydrogen) atoms. The summed E-state index contributed by atoms with van der Waals surface area (Å²) in [5.74, 6) is 0. The van der Waals surface area contributed by atoms with Gasteiger partial charge in [-0.1, -0.05) is 36.4 Å². The fraction of sp³-hybridized carbons (Fsp3) is 0.421. The van der Waals surface area contributed by atoms with E-state index in [4.69, 9.17) is 0 Å². The van der Waals surface area contributed by atoms with Gasteiger partial charge in [0.1, 0.15) is 4.75 Å². The second-order valence-corrected chi connectivity index (χ2v) is 8.68. The van der Waals surface area contributed by atoms with Crippen molar-refractivity contribution in [2.75, 3.05) is 0 Å². The molecule has 0 unspecified atom stereocenters. The Morgan fingerprint density at radius 2 is 1.78 bits per heavy atom. The number of nitrogens with one attached hydrogen (secondary N) is 1. The molecule has 0 radical (unpaired) electrons. The summed E-state index contributed by atoms with van der Waals surface area (Å²) in [7, 11) is 0. The lowest BCUT2D eigenvalue weighted by Crippen LogP contribution is -2.41. The molecule has 1 N–H and O–H groups in total. The zero-order valence-electron chi connectivity index (χ0n) is 14.2. The fourth-order valence-electron chi connectivity index (χ4n) is 2.31. The van der Waals surface area contributed by atoms with Gasteiger partial charge in [-0.15, -0.1) is 4.72 Å². The van der Waals surface area contributed by atoms with Gasteiger partial charge in [-0.25, -0.2) is 0 Å². The van der Waals surface area contributed by atoms with Crippen LogP contribution in [0.1, 0.15) is 50.9 Å². The van der Waals surface area contributed by atoms with Crippen LogP contribution >= 0.6 is 0 Å². The second-order valence-electron chi connectivity index (χ2n) is 6.68. The maximum atomic E-state index is 12.5. The summed E-state index contributed by atoms with van der Waals surface area (Å²) in [6.07, 6.45) is 4.75. The molecule has 0 spiro atoms. The summed E-state index contributed by atoms with van der Waals surface area (Å²) in [6, 6.07) is 16.4. The highest BCUT2D eigenvalue weighted by molar-refractivity contribution is 7.90. The molecular weight excluding hydrogens is 304 g/mol. The summed E-state index contributed by atoms with van der Waals surface area (Å²) >= 11 is -1.11. The lowest BCUT2D eigenvalue weighted by Gasteiger charge is -2.27. The molecule has 0 aliphatic carbocycles. The van der Waals surface area contributed by atoms with Crippen LogP contribution in [0.5, 0.6) is 0 Å². The summed E-state index contributed by atoms with van der Waals surface area (Å²) < 4.78 is 15.4. The molecule has 4 heteroatoms. The number of rotatable bonds is 7. The molecule has 0 aliphatic heterocycles. The largest absolute Gasteiger partial charge is 0.598 e. The van der Waals surface area contributed by atoms with E-state index in [1.165, 1.54) is 5.56 Å². The van der Waals surface area contributed by atoms with E-state index in [2.05, 4.69) is 34.0 Å². The summed E-state index contributed by atoms with van der Waals surface area (Å²) in [4.78, 5) is 4.44. The van der Waals surface area contributed by atoms with Gasteiger partial charge in [0.05, 0.1) is 11.7 Å². The Hall–Kier alpha value is -1.36. The lowest BCUT2D eigenvalue weighted by atomic mass is 10.0. The van der Waals surface area contributed by atoms with Gasteiger partial charge in [-0.3, -0.25) is 4.98 Å². The zero-order chi connectivity index (χ0) is 16.7. The SMILES string of the molecule is CC(C)(C)[S@+]([O-])N[C@@H](CCCc1ccccc1)c1ccccn1. The van der Waals surface area contributed by atoms with Crippen molar-refractivity contribution in [3.05, 3.63) is 66.0 Å². The summed E-state index contributed by atoms with van der Waals surface area (Å²) in [6.45, 7) is 5.95. The minimum absolute atomic E-state index is 0.0139. The topological polar surface area (TPSA) is 48.0 Å². The van der Waals surface area contributed by atoms with Crippen molar-refractivity contribution in [2.24, 2.45) is 0 Å². The number of benzene rings is 1. The third-order valence-corrected chi connectivity index (χ3v) is 5.26. The predicted octanol–water partition coefficient (Wildman–Crippen LogP) is 4.20. The van der Waals surface area contributed by atoms with E-state index in [0.29, 0.717) is 0 Å². The van der Waals surface area contributed by atoms with Crippen molar-refractivity contribution >= 4 is 11.4 Å². The molecular formula is C19H26N2OS. The predicted molar refractivity (Wildman–Crippen MR) is 97.4 cm³/mol. The van der Waals surface area contributed by atoms with Crippen molar-refractivity contribution in [1.82, 2.24) is 9.71 Å². The van der Waals surface area contributed by atoms with Crippen molar-refractivity contribution in [1.29, 1.82) is 0 Å². The molecule has 0 amide bonds. The smallest absolute Gasteiger partial charge is 0.136 e. The molecule has 1 aromatic carbocycles. The molecule has 1 heterocycles. The molecule has 0 bridgehead atoms. The quantitative estimate of drug-likeness (QED) is 0.774. The normalized spacial score (nSPS) is 14.4. The number of hydrogen-bond donors (Lipinski definition) is 1. The highest BCUT2D eigenvalue weighted by Gasteiger charge is 2.30. The first-order valence-corrected chi connectivity index (χ1v) is 9.25. The molecule has 0 aliphatic rings. The van der Waals surface area contributed by atoms with Crippen LogP contribution in [0.2, 0.25) is 0 Å². The Balaban J connectivity index is 1.99. The molecule has 124 valence electrons. The fourth-order valence-corrected chi connectivity index (χ4v) is 3.16. The van der Waals surface area contributed by atoms with Crippen molar-refractivity contribution in [3.63, 3.8) is 0 Å². The van der Waals surface area contributed by atoms with Crippen LogP contribution in [0.25, 0.3) is 0 Å². The number of pyridine rings is 1. The lowest BCUT2D eigenvalue weighted by molar-refractivity contribution is 0.499. The minimum Gasteiger partial charge on any atom is -0.598 e. The van der Waals surface area contributed by atoms with E-state index in [-0.39, 0.29) is 10.8 Å². The number of aryl methyl sites for hydroxylation is 1. The van der Waals surface area contributed by atoms with Gasteiger partial charge in [0.25, 0.3) is 0 Å².